The van der Waals surface area contributed by atoms with Gasteiger partial charge in [-0.25, -0.2) is 9.97 Å². The molecule has 3 heterocycles. The topological polar surface area (TPSA) is 67.3 Å². The maximum absolute atomic E-state index is 10.1. The number of ether oxygens (including phenoxy) is 1. The average Bonchev–Trinajstić information content (AvgIpc) is 2.95. The van der Waals surface area contributed by atoms with Gasteiger partial charge in [-0.2, -0.15) is 0 Å². The van der Waals surface area contributed by atoms with Crippen molar-refractivity contribution in [1.82, 2.24) is 9.97 Å². The zero-order valence-electron chi connectivity index (χ0n) is 9.22. The average molecular weight is 251 g/mol. The fraction of sp³-hybridized carbons (Fsp3) is 0.455. The Balaban J connectivity index is 1.78. The Morgan fingerprint density at radius 3 is 3.29 bits per heavy atom. The molecule has 0 spiro atoms. The summed E-state index contributed by atoms with van der Waals surface area (Å²) in [5.41, 5.74) is -0.771. The molecule has 0 radical (unpaired) electrons. The summed E-state index contributed by atoms with van der Waals surface area (Å²) >= 11 is 1.58. The Morgan fingerprint density at radius 2 is 2.47 bits per heavy atom. The lowest BCUT2D eigenvalue weighted by Gasteiger charge is -2.21. The van der Waals surface area contributed by atoms with Gasteiger partial charge < -0.3 is 15.2 Å². The number of aromatic nitrogens is 2. The molecule has 2 aromatic heterocycles. The number of hydrogen-bond acceptors (Lipinski definition) is 6. The van der Waals surface area contributed by atoms with E-state index in [1.54, 1.807) is 11.3 Å². The maximum atomic E-state index is 10.1. The van der Waals surface area contributed by atoms with Crippen LogP contribution in [0.2, 0.25) is 0 Å². The summed E-state index contributed by atoms with van der Waals surface area (Å²) in [6.07, 6.45) is 2.20. The largest absolute Gasteiger partial charge is 0.386 e. The van der Waals surface area contributed by atoms with Crippen molar-refractivity contribution in [3.63, 3.8) is 0 Å². The summed E-state index contributed by atoms with van der Waals surface area (Å²) in [7, 11) is 0. The molecule has 0 bridgehead atoms. The van der Waals surface area contributed by atoms with Gasteiger partial charge in [0.15, 0.2) is 0 Å². The van der Waals surface area contributed by atoms with Gasteiger partial charge in [-0.05, 0) is 11.4 Å². The lowest BCUT2D eigenvalue weighted by atomic mass is 10.0. The Bertz CT molecular complexity index is 522. The van der Waals surface area contributed by atoms with Crippen molar-refractivity contribution in [1.29, 1.82) is 0 Å². The van der Waals surface area contributed by atoms with Crippen molar-refractivity contribution in [3.8, 4) is 0 Å². The molecule has 1 aliphatic heterocycles. The van der Waals surface area contributed by atoms with Crippen LogP contribution in [0.4, 0.5) is 5.82 Å². The van der Waals surface area contributed by atoms with Crippen molar-refractivity contribution in [2.75, 3.05) is 25.1 Å². The second-order valence-corrected chi connectivity index (χ2v) is 5.14. The first-order chi connectivity index (χ1) is 8.27. The number of nitrogens with zero attached hydrogens (tertiary/aromatic N) is 2. The zero-order chi connectivity index (χ0) is 11.7. The summed E-state index contributed by atoms with van der Waals surface area (Å²) in [4.78, 5) is 9.34. The number of hydrogen-bond donors (Lipinski definition) is 2. The van der Waals surface area contributed by atoms with Crippen LogP contribution in [0.5, 0.6) is 0 Å². The number of fused-ring (bicyclic) bond motifs is 1. The Kier molecular flexibility index (Phi) is 2.70. The lowest BCUT2D eigenvalue weighted by molar-refractivity contribution is 0.0381. The maximum Gasteiger partial charge on any atom is 0.138 e. The first-order valence-electron chi connectivity index (χ1n) is 5.49. The third kappa shape index (κ3) is 2.11. The number of thiophene rings is 1. The minimum atomic E-state index is -0.771. The van der Waals surface area contributed by atoms with Gasteiger partial charge in [-0.15, -0.1) is 11.3 Å². The van der Waals surface area contributed by atoms with Gasteiger partial charge in [0.2, 0.25) is 0 Å². The van der Waals surface area contributed by atoms with Crippen LogP contribution in [0.1, 0.15) is 6.42 Å². The van der Waals surface area contributed by atoms with Gasteiger partial charge in [0.05, 0.1) is 12.0 Å². The van der Waals surface area contributed by atoms with Gasteiger partial charge in [0.1, 0.15) is 22.6 Å². The van der Waals surface area contributed by atoms with E-state index in [1.807, 2.05) is 11.4 Å². The van der Waals surface area contributed by atoms with Crippen LogP contribution in [0.15, 0.2) is 17.8 Å². The van der Waals surface area contributed by atoms with Gasteiger partial charge >= 0.3 is 0 Å². The van der Waals surface area contributed by atoms with E-state index in [2.05, 4.69) is 15.3 Å². The highest BCUT2D eigenvalue weighted by atomic mass is 32.1. The molecule has 90 valence electrons. The Hall–Kier alpha value is -1.24. The third-order valence-corrected chi connectivity index (χ3v) is 3.75. The van der Waals surface area contributed by atoms with Crippen LogP contribution in [0.3, 0.4) is 0 Å². The number of aliphatic hydroxyl groups is 1. The van der Waals surface area contributed by atoms with E-state index in [1.165, 1.54) is 6.33 Å². The molecule has 6 heteroatoms. The minimum Gasteiger partial charge on any atom is -0.386 e. The van der Waals surface area contributed by atoms with Crippen molar-refractivity contribution < 1.29 is 9.84 Å². The fourth-order valence-electron chi connectivity index (χ4n) is 1.92. The molecule has 0 aromatic carbocycles. The van der Waals surface area contributed by atoms with Crippen LogP contribution in [0, 0.1) is 0 Å². The molecule has 2 N–H and O–H groups in total. The molecule has 0 amide bonds. The van der Waals surface area contributed by atoms with Crippen LogP contribution < -0.4 is 5.32 Å². The highest BCUT2D eigenvalue weighted by molar-refractivity contribution is 7.16. The third-order valence-electron chi connectivity index (χ3n) is 2.93. The van der Waals surface area contributed by atoms with E-state index in [4.69, 9.17) is 4.74 Å². The first kappa shape index (κ1) is 10.9. The van der Waals surface area contributed by atoms with E-state index in [9.17, 15) is 5.11 Å². The number of nitrogens with one attached hydrogen (secondary N) is 1. The summed E-state index contributed by atoms with van der Waals surface area (Å²) in [5, 5.41) is 16.3. The van der Waals surface area contributed by atoms with E-state index in [-0.39, 0.29) is 0 Å². The zero-order valence-corrected chi connectivity index (χ0v) is 10.0. The van der Waals surface area contributed by atoms with E-state index in [0.29, 0.717) is 26.2 Å². The van der Waals surface area contributed by atoms with Crippen LogP contribution in [0.25, 0.3) is 10.2 Å². The number of rotatable bonds is 3. The fourth-order valence-corrected chi connectivity index (χ4v) is 2.65. The smallest absolute Gasteiger partial charge is 0.138 e. The highest BCUT2D eigenvalue weighted by Crippen LogP contribution is 2.25. The Labute approximate surface area is 102 Å². The second kappa shape index (κ2) is 4.21. The molecule has 1 aliphatic rings. The molecule has 1 saturated heterocycles. The highest BCUT2D eigenvalue weighted by Gasteiger charge is 2.32. The van der Waals surface area contributed by atoms with Gasteiger partial charge in [-0.1, -0.05) is 0 Å². The predicted molar refractivity (Wildman–Crippen MR) is 66.3 cm³/mol. The molecule has 17 heavy (non-hydrogen) atoms. The van der Waals surface area contributed by atoms with Crippen molar-refractivity contribution in [2.45, 2.75) is 12.0 Å². The van der Waals surface area contributed by atoms with Gasteiger partial charge in [0.25, 0.3) is 0 Å². The van der Waals surface area contributed by atoms with Crippen LogP contribution in [-0.4, -0.2) is 40.4 Å². The van der Waals surface area contributed by atoms with Gasteiger partial charge in [-0.3, -0.25) is 0 Å². The molecule has 0 saturated carbocycles. The molecule has 1 fully saturated rings. The molecule has 3 rings (SSSR count). The second-order valence-electron chi connectivity index (χ2n) is 4.24. The molecule has 1 atom stereocenters. The lowest BCUT2D eigenvalue weighted by Crippen LogP contribution is -2.37. The van der Waals surface area contributed by atoms with E-state index >= 15 is 0 Å². The molecule has 5 nitrogen and oxygen atoms in total. The minimum absolute atomic E-state index is 0.387. The summed E-state index contributed by atoms with van der Waals surface area (Å²) in [6.45, 7) is 1.46. The Morgan fingerprint density at radius 1 is 1.53 bits per heavy atom. The molecule has 2 aromatic rings. The van der Waals surface area contributed by atoms with E-state index < -0.39 is 5.60 Å². The molecule has 1 unspecified atom stereocenters. The molecular formula is C11H13N3O2S. The SMILES string of the molecule is OC1(CNc2ncnc3sccc23)CCOC1. The monoisotopic (exact) mass is 251 g/mol. The van der Waals surface area contributed by atoms with Crippen molar-refractivity contribution >= 4 is 27.4 Å². The molecular weight excluding hydrogens is 238 g/mol. The van der Waals surface area contributed by atoms with E-state index in [0.717, 1.165) is 16.0 Å². The quantitative estimate of drug-likeness (QED) is 0.859. The van der Waals surface area contributed by atoms with Crippen LogP contribution in [-0.2, 0) is 4.74 Å². The first-order valence-corrected chi connectivity index (χ1v) is 6.37. The summed E-state index contributed by atoms with van der Waals surface area (Å²) in [6, 6.07) is 1.98. The predicted octanol–water partition coefficient (Wildman–Crippen LogP) is 1.25. The van der Waals surface area contributed by atoms with Gasteiger partial charge in [0, 0.05) is 19.6 Å². The number of anilines is 1. The molecule has 0 aliphatic carbocycles. The normalized spacial score (nSPS) is 24.3. The van der Waals surface area contributed by atoms with Crippen molar-refractivity contribution in [2.24, 2.45) is 0 Å². The van der Waals surface area contributed by atoms with Crippen LogP contribution >= 0.6 is 11.3 Å². The standard InChI is InChI=1S/C11H13N3O2S/c15-11(2-3-16-6-11)5-12-9-8-1-4-17-10(8)14-7-13-9/h1,4,7,15H,2-3,5-6H2,(H,12,13,14). The van der Waals surface area contributed by atoms with Crippen molar-refractivity contribution in [3.05, 3.63) is 17.8 Å². The summed E-state index contributed by atoms with van der Waals surface area (Å²) < 4.78 is 5.20. The summed E-state index contributed by atoms with van der Waals surface area (Å²) in [5.74, 6) is 0.775.